The van der Waals surface area contributed by atoms with E-state index in [2.05, 4.69) is 15.1 Å². The first kappa shape index (κ1) is 10.7. The highest BCUT2D eigenvalue weighted by Gasteiger charge is 2.14. The summed E-state index contributed by atoms with van der Waals surface area (Å²) in [5.41, 5.74) is 6.71. The normalized spacial score (nSPS) is 11.3. The summed E-state index contributed by atoms with van der Waals surface area (Å²) in [5.74, 6) is -0.612. The first-order valence-electron chi connectivity index (χ1n) is 5.19. The number of fused-ring (bicyclic) bond motifs is 1. The van der Waals surface area contributed by atoms with E-state index in [1.807, 2.05) is 0 Å². The van der Waals surface area contributed by atoms with E-state index in [0.29, 0.717) is 17.2 Å². The third-order valence-corrected chi connectivity index (χ3v) is 2.74. The first-order chi connectivity index (χ1) is 8.56. The van der Waals surface area contributed by atoms with Crippen LogP contribution in [-0.2, 0) is 7.05 Å². The number of nitrogen functional groups attached to an aromatic ring is 1. The van der Waals surface area contributed by atoms with E-state index in [1.54, 1.807) is 7.05 Å². The molecule has 0 aliphatic carbocycles. The molecule has 0 bridgehead atoms. The smallest absolute Gasteiger partial charge is 0.153 e. The van der Waals surface area contributed by atoms with Crippen molar-refractivity contribution in [2.45, 2.75) is 0 Å². The number of benzene rings is 1. The average Bonchev–Trinajstić information content (AvgIpc) is 2.84. The second kappa shape index (κ2) is 3.52. The van der Waals surface area contributed by atoms with Gasteiger partial charge in [0, 0.05) is 13.1 Å². The van der Waals surface area contributed by atoms with Crippen LogP contribution >= 0.6 is 0 Å². The van der Waals surface area contributed by atoms with Gasteiger partial charge in [-0.05, 0) is 6.07 Å². The fraction of sp³-hybridized carbons (Fsp3) is 0.0909. The summed E-state index contributed by atoms with van der Waals surface area (Å²) in [4.78, 5) is 6.89. The number of nitrogens with two attached hydrogens (primary N) is 1. The van der Waals surface area contributed by atoms with Crippen LogP contribution in [0.2, 0.25) is 0 Å². The minimum Gasteiger partial charge on any atom is -0.383 e. The Labute approximate surface area is 100 Å². The zero-order valence-corrected chi connectivity index (χ0v) is 9.41. The number of anilines is 1. The second-order valence-electron chi connectivity index (χ2n) is 3.94. The lowest BCUT2D eigenvalue weighted by atomic mass is 10.3. The van der Waals surface area contributed by atoms with Crippen molar-refractivity contribution < 1.29 is 8.78 Å². The molecule has 0 saturated carbocycles. The van der Waals surface area contributed by atoms with Gasteiger partial charge in [-0.15, -0.1) is 0 Å². The minimum absolute atomic E-state index is 0.0784. The summed E-state index contributed by atoms with van der Waals surface area (Å²) in [5, 5.41) is 3.97. The molecule has 5 nitrogen and oxygen atoms in total. The standard InChI is InChI=1S/C11H9F2N5/c1-18-10(14)6(4-15-18)11-16-8-3-5(12)2-7(13)9(8)17-11/h2-4H,14H2,1H3,(H,16,17). The van der Waals surface area contributed by atoms with Crippen molar-refractivity contribution in [1.29, 1.82) is 0 Å². The molecule has 0 saturated heterocycles. The molecule has 0 aliphatic rings. The van der Waals surface area contributed by atoms with Crippen LogP contribution in [0.25, 0.3) is 22.4 Å². The van der Waals surface area contributed by atoms with Gasteiger partial charge in [0.15, 0.2) is 5.82 Å². The van der Waals surface area contributed by atoms with Crippen molar-refractivity contribution in [1.82, 2.24) is 19.7 Å². The molecule has 0 spiro atoms. The number of nitrogens with zero attached hydrogens (tertiary/aromatic N) is 3. The molecular weight excluding hydrogens is 240 g/mol. The Kier molecular flexibility index (Phi) is 2.09. The number of nitrogens with one attached hydrogen (secondary N) is 1. The maximum absolute atomic E-state index is 13.5. The van der Waals surface area contributed by atoms with Crippen LogP contribution in [-0.4, -0.2) is 19.7 Å². The van der Waals surface area contributed by atoms with E-state index in [-0.39, 0.29) is 11.0 Å². The van der Waals surface area contributed by atoms with E-state index in [1.165, 1.54) is 16.9 Å². The molecule has 3 N–H and O–H groups in total. The SMILES string of the molecule is Cn1ncc(-c2nc3c(F)cc(F)cc3[nH]2)c1N. The Morgan fingerprint density at radius 2 is 2.11 bits per heavy atom. The van der Waals surface area contributed by atoms with Gasteiger partial charge >= 0.3 is 0 Å². The number of hydrogen-bond donors (Lipinski definition) is 2. The molecule has 3 aromatic rings. The van der Waals surface area contributed by atoms with E-state index in [9.17, 15) is 8.78 Å². The second-order valence-corrected chi connectivity index (χ2v) is 3.94. The van der Waals surface area contributed by atoms with Crippen molar-refractivity contribution in [3.05, 3.63) is 30.0 Å². The summed E-state index contributed by atoms with van der Waals surface area (Å²) in [6.45, 7) is 0. The Hall–Kier alpha value is -2.44. The summed E-state index contributed by atoms with van der Waals surface area (Å²) >= 11 is 0. The molecule has 3 rings (SSSR count). The minimum atomic E-state index is -0.713. The average molecular weight is 249 g/mol. The Morgan fingerprint density at radius 1 is 1.33 bits per heavy atom. The molecule has 0 aliphatic heterocycles. The third kappa shape index (κ3) is 1.44. The highest BCUT2D eigenvalue weighted by molar-refractivity contribution is 5.82. The summed E-state index contributed by atoms with van der Waals surface area (Å²) in [7, 11) is 1.68. The molecule has 18 heavy (non-hydrogen) atoms. The number of imidazole rings is 1. The number of aromatic amines is 1. The van der Waals surface area contributed by atoms with Crippen LogP contribution in [0.4, 0.5) is 14.6 Å². The van der Waals surface area contributed by atoms with E-state index >= 15 is 0 Å². The summed E-state index contributed by atoms with van der Waals surface area (Å²) in [6.07, 6.45) is 1.52. The first-order valence-corrected chi connectivity index (χ1v) is 5.19. The van der Waals surface area contributed by atoms with Crippen LogP contribution in [0.5, 0.6) is 0 Å². The van der Waals surface area contributed by atoms with Crippen molar-refractivity contribution >= 4 is 16.9 Å². The number of hydrogen-bond acceptors (Lipinski definition) is 3. The summed E-state index contributed by atoms with van der Waals surface area (Å²) < 4.78 is 28.0. The molecule has 92 valence electrons. The Morgan fingerprint density at radius 3 is 2.78 bits per heavy atom. The zero-order valence-electron chi connectivity index (χ0n) is 9.41. The monoisotopic (exact) mass is 249 g/mol. The third-order valence-electron chi connectivity index (χ3n) is 2.74. The van der Waals surface area contributed by atoms with Gasteiger partial charge in [-0.3, -0.25) is 4.68 Å². The molecule has 2 aromatic heterocycles. The number of H-pyrrole nitrogens is 1. The van der Waals surface area contributed by atoms with Gasteiger partial charge in [-0.2, -0.15) is 5.10 Å². The van der Waals surface area contributed by atoms with Crippen LogP contribution in [0.1, 0.15) is 0 Å². The van der Waals surface area contributed by atoms with Gasteiger partial charge in [0.25, 0.3) is 0 Å². The predicted molar refractivity (Wildman–Crippen MR) is 62.6 cm³/mol. The van der Waals surface area contributed by atoms with E-state index < -0.39 is 11.6 Å². The van der Waals surface area contributed by atoms with Crippen molar-refractivity contribution in [3.63, 3.8) is 0 Å². The molecular formula is C11H9F2N5. The lowest BCUT2D eigenvalue weighted by Crippen LogP contribution is -1.98. The molecule has 0 atom stereocenters. The number of aromatic nitrogens is 4. The van der Waals surface area contributed by atoms with Gasteiger partial charge in [0.05, 0.1) is 17.3 Å². The summed E-state index contributed by atoms with van der Waals surface area (Å²) in [6, 6.07) is 1.97. The molecule has 0 fully saturated rings. The lowest BCUT2D eigenvalue weighted by Gasteiger charge is -1.95. The van der Waals surface area contributed by atoms with Gasteiger partial charge in [0.2, 0.25) is 0 Å². The molecule has 1 aromatic carbocycles. The van der Waals surface area contributed by atoms with Crippen LogP contribution in [0.15, 0.2) is 18.3 Å². The van der Waals surface area contributed by atoms with E-state index in [4.69, 9.17) is 5.73 Å². The van der Waals surface area contributed by atoms with Gasteiger partial charge < -0.3 is 10.7 Å². The predicted octanol–water partition coefficient (Wildman–Crippen LogP) is 1.82. The molecule has 0 unspecified atom stereocenters. The molecule has 7 heteroatoms. The molecule has 0 amide bonds. The van der Waals surface area contributed by atoms with Crippen molar-refractivity contribution in [2.24, 2.45) is 7.05 Å². The number of rotatable bonds is 1. The number of aryl methyl sites for hydroxylation is 1. The number of halogens is 2. The van der Waals surface area contributed by atoms with Crippen LogP contribution < -0.4 is 5.73 Å². The van der Waals surface area contributed by atoms with Crippen molar-refractivity contribution in [3.8, 4) is 11.4 Å². The highest BCUT2D eigenvalue weighted by Crippen LogP contribution is 2.26. The Balaban J connectivity index is 2.25. The molecule has 0 radical (unpaired) electrons. The van der Waals surface area contributed by atoms with Crippen molar-refractivity contribution in [2.75, 3.05) is 5.73 Å². The maximum Gasteiger partial charge on any atom is 0.153 e. The van der Waals surface area contributed by atoms with Crippen LogP contribution in [0, 0.1) is 11.6 Å². The largest absolute Gasteiger partial charge is 0.383 e. The topological polar surface area (TPSA) is 72.5 Å². The zero-order chi connectivity index (χ0) is 12.9. The van der Waals surface area contributed by atoms with Crippen LogP contribution in [0.3, 0.4) is 0 Å². The fourth-order valence-corrected chi connectivity index (χ4v) is 1.80. The fourth-order valence-electron chi connectivity index (χ4n) is 1.80. The van der Waals surface area contributed by atoms with Gasteiger partial charge in [-0.25, -0.2) is 13.8 Å². The lowest BCUT2D eigenvalue weighted by molar-refractivity contribution is 0.591. The molecule has 2 heterocycles. The highest BCUT2D eigenvalue weighted by atomic mass is 19.1. The quantitative estimate of drug-likeness (QED) is 0.691. The van der Waals surface area contributed by atoms with Gasteiger partial charge in [0.1, 0.15) is 23.0 Å². The van der Waals surface area contributed by atoms with E-state index in [0.717, 1.165) is 6.07 Å². The maximum atomic E-state index is 13.5. The Bertz CT molecular complexity index is 743. The van der Waals surface area contributed by atoms with Gasteiger partial charge in [-0.1, -0.05) is 0 Å².